The molecule has 0 unspecified atom stereocenters. The minimum absolute atomic E-state index is 0.0530. The number of benzene rings is 1. The maximum atomic E-state index is 11.3. The van der Waals surface area contributed by atoms with Crippen LogP contribution < -0.4 is 11.1 Å². The van der Waals surface area contributed by atoms with E-state index < -0.39 is 5.97 Å². The molecular weight excluding hydrogens is 246 g/mol. The lowest BCUT2D eigenvalue weighted by atomic mass is 10.0. The summed E-state index contributed by atoms with van der Waals surface area (Å²) in [5.41, 5.74) is 8.65. The Morgan fingerprint density at radius 2 is 2.16 bits per heavy atom. The van der Waals surface area contributed by atoms with Gasteiger partial charge in [-0.25, -0.2) is 4.79 Å². The number of carboxylic acid groups (broad SMARTS) is 1. The molecule has 6 heteroatoms. The smallest absolute Gasteiger partial charge is 0.340 e. The summed E-state index contributed by atoms with van der Waals surface area (Å²) in [5.74, 6) is -1.14. The predicted molar refractivity (Wildman–Crippen MR) is 69.9 cm³/mol. The van der Waals surface area contributed by atoms with E-state index in [0.717, 1.165) is 11.3 Å². The molecule has 96 valence electrons. The van der Waals surface area contributed by atoms with Gasteiger partial charge in [-0.2, -0.15) is 0 Å². The number of carbonyl (C=O) groups is 2. The molecule has 0 bridgehead atoms. The van der Waals surface area contributed by atoms with Crippen LogP contribution in [0.2, 0.25) is 0 Å². The van der Waals surface area contributed by atoms with E-state index in [2.05, 4.69) is 10.3 Å². The molecule has 1 aromatic carbocycles. The number of nitrogens with two attached hydrogens (primary N) is 1. The Bertz CT molecular complexity index is 703. The molecule has 1 aliphatic rings. The lowest BCUT2D eigenvalue weighted by molar-refractivity contribution is -0.115. The zero-order valence-corrected chi connectivity index (χ0v) is 9.86. The number of aromatic amines is 1. The maximum absolute atomic E-state index is 11.3. The van der Waals surface area contributed by atoms with Gasteiger partial charge >= 0.3 is 5.97 Å². The number of aromatic nitrogens is 1. The van der Waals surface area contributed by atoms with Crippen LogP contribution in [0.3, 0.4) is 0 Å². The molecule has 3 rings (SSSR count). The van der Waals surface area contributed by atoms with Crippen molar-refractivity contribution in [3.05, 3.63) is 35.5 Å². The Morgan fingerprint density at radius 3 is 2.89 bits per heavy atom. The number of fused-ring (bicyclic) bond motifs is 1. The van der Waals surface area contributed by atoms with Gasteiger partial charge < -0.3 is 21.1 Å². The maximum Gasteiger partial charge on any atom is 0.340 e. The molecule has 0 radical (unpaired) electrons. The van der Waals surface area contributed by atoms with E-state index in [4.69, 9.17) is 10.8 Å². The zero-order chi connectivity index (χ0) is 13.6. The van der Waals surface area contributed by atoms with Gasteiger partial charge in [0.2, 0.25) is 5.91 Å². The second kappa shape index (κ2) is 3.88. The number of H-pyrrole nitrogens is 1. The molecule has 0 spiro atoms. The minimum Gasteiger partial charge on any atom is -0.478 e. The van der Waals surface area contributed by atoms with Crippen LogP contribution in [0.5, 0.6) is 0 Å². The third-order valence-electron chi connectivity index (χ3n) is 3.14. The van der Waals surface area contributed by atoms with Gasteiger partial charge in [0, 0.05) is 11.9 Å². The first-order valence-corrected chi connectivity index (χ1v) is 5.69. The standard InChI is InChI=1S/C13H11N3O3/c14-8-5-15-12(11(8)13(18)19)6-1-2-9-7(3-6)4-10(17)16-9/h1-3,5,15H,4,14H2,(H,16,17)(H,18,19). The van der Waals surface area contributed by atoms with E-state index in [1.54, 1.807) is 18.2 Å². The Morgan fingerprint density at radius 1 is 1.37 bits per heavy atom. The van der Waals surface area contributed by atoms with Gasteiger partial charge in [0.25, 0.3) is 0 Å². The molecule has 6 nitrogen and oxygen atoms in total. The van der Waals surface area contributed by atoms with Gasteiger partial charge in [-0.3, -0.25) is 4.79 Å². The molecule has 0 atom stereocenters. The number of amides is 1. The van der Waals surface area contributed by atoms with Gasteiger partial charge in [0.15, 0.2) is 0 Å². The predicted octanol–water partition coefficient (Wildman–Crippen LogP) is 1.46. The highest BCUT2D eigenvalue weighted by Crippen LogP contribution is 2.32. The average Bonchev–Trinajstić information content (AvgIpc) is 2.89. The lowest BCUT2D eigenvalue weighted by Crippen LogP contribution is -2.03. The first-order chi connectivity index (χ1) is 9.06. The number of carbonyl (C=O) groups excluding carboxylic acids is 1. The normalized spacial score (nSPS) is 13.2. The van der Waals surface area contributed by atoms with Gasteiger partial charge in [0.05, 0.1) is 17.8 Å². The highest BCUT2D eigenvalue weighted by atomic mass is 16.4. The Balaban J connectivity index is 2.12. The van der Waals surface area contributed by atoms with Crippen LogP contribution in [-0.4, -0.2) is 22.0 Å². The fraction of sp³-hybridized carbons (Fsp3) is 0.0769. The first-order valence-electron chi connectivity index (χ1n) is 5.69. The number of nitrogen functional groups attached to an aromatic ring is 1. The molecule has 0 aliphatic carbocycles. The van der Waals surface area contributed by atoms with Crippen molar-refractivity contribution in [2.24, 2.45) is 0 Å². The Labute approximate surface area is 108 Å². The van der Waals surface area contributed by atoms with Crippen LogP contribution in [0.4, 0.5) is 11.4 Å². The fourth-order valence-corrected chi connectivity index (χ4v) is 2.28. The largest absolute Gasteiger partial charge is 0.478 e. The van der Waals surface area contributed by atoms with Crippen molar-refractivity contribution in [3.8, 4) is 11.3 Å². The summed E-state index contributed by atoms with van der Waals surface area (Å²) in [6, 6.07) is 5.31. The summed E-state index contributed by atoms with van der Waals surface area (Å²) in [6.45, 7) is 0. The van der Waals surface area contributed by atoms with Crippen molar-refractivity contribution in [3.63, 3.8) is 0 Å². The quantitative estimate of drug-likeness (QED) is 0.653. The molecule has 2 aromatic rings. The van der Waals surface area contributed by atoms with E-state index in [1.165, 1.54) is 6.20 Å². The Hall–Kier alpha value is -2.76. The molecule has 0 saturated heterocycles. The molecule has 1 amide bonds. The molecule has 0 saturated carbocycles. The fourth-order valence-electron chi connectivity index (χ4n) is 2.28. The molecule has 2 heterocycles. The number of carboxylic acids is 1. The molecule has 19 heavy (non-hydrogen) atoms. The Kier molecular flexibility index (Phi) is 2.31. The van der Waals surface area contributed by atoms with Crippen LogP contribution >= 0.6 is 0 Å². The number of nitrogens with one attached hydrogen (secondary N) is 2. The molecule has 1 aromatic heterocycles. The highest BCUT2D eigenvalue weighted by Gasteiger charge is 2.21. The van der Waals surface area contributed by atoms with Crippen LogP contribution in [0.15, 0.2) is 24.4 Å². The summed E-state index contributed by atoms with van der Waals surface area (Å²) < 4.78 is 0. The molecule has 0 fully saturated rings. The number of aromatic carboxylic acids is 1. The van der Waals surface area contributed by atoms with Gasteiger partial charge in [-0.15, -0.1) is 0 Å². The van der Waals surface area contributed by atoms with Crippen molar-refractivity contribution in [2.45, 2.75) is 6.42 Å². The highest BCUT2D eigenvalue weighted by molar-refractivity contribution is 6.02. The number of rotatable bonds is 2. The van der Waals surface area contributed by atoms with Crippen LogP contribution in [0.1, 0.15) is 15.9 Å². The van der Waals surface area contributed by atoms with Gasteiger partial charge in [-0.05, 0) is 23.3 Å². The number of hydrogen-bond acceptors (Lipinski definition) is 3. The molecule has 1 aliphatic heterocycles. The SMILES string of the molecule is Nc1c[nH]c(-c2ccc3c(c2)CC(=O)N3)c1C(=O)O. The van der Waals surface area contributed by atoms with E-state index in [1.807, 2.05) is 0 Å². The second-order valence-electron chi connectivity index (χ2n) is 4.40. The van der Waals surface area contributed by atoms with Crippen LogP contribution in [0.25, 0.3) is 11.3 Å². The summed E-state index contributed by atoms with van der Waals surface area (Å²) in [4.78, 5) is 25.4. The van der Waals surface area contributed by atoms with Gasteiger partial charge in [-0.1, -0.05) is 6.07 Å². The van der Waals surface area contributed by atoms with Crippen molar-refractivity contribution in [2.75, 3.05) is 11.1 Å². The van der Waals surface area contributed by atoms with Crippen molar-refractivity contribution >= 4 is 23.3 Å². The monoisotopic (exact) mass is 257 g/mol. The lowest BCUT2D eigenvalue weighted by Gasteiger charge is -2.04. The van der Waals surface area contributed by atoms with E-state index in [-0.39, 0.29) is 17.2 Å². The number of anilines is 2. The summed E-state index contributed by atoms with van der Waals surface area (Å²) in [5, 5.41) is 11.9. The van der Waals surface area contributed by atoms with Crippen molar-refractivity contribution < 1.29 is 14.7 Å². The summed E-state index contributed by atoms with van der Waals surface area (Å²) in [7, 11) is 0. The summed E-state index contributed by atoms with van der Waals surface area (Å²) >= 11 is 0. The van der Waals surface area contributed by atoms with Gasteiger partial charge in [0.1, 0.15) is 5.56 Å². The topological polar surface area (TPSA) is 108 Å². The number of hydrogen-bond donors (Lipinski definition) is 4. The van der Waals surface area contributed by atoms with Crippen molar-refractivity contribution in [1.29, 1.82) is 0 Å². The zero-order valence-electron chi connectivity index (χ0n) is 9.86. The van der Waals surface area contributed by atoms with E-state index in [9.17, 15) is 9.59 Å². The average molecular weight is 257 g/mol. The first kappa shape index (κ1) is 11.3. The summed E-state index contributed by atoms with van der Waals surface area (Å²) in [6.07, 6.45) is 1.76. The third kappa shape index (κ3) is 1.74. The van der Waals surface area contributed by atoms with E-state index in [0.29, 0.717) is 17.7 Å². The molecular formula is C13H11N3O3. The van der Waals surface area contributed by atoms with Crippen LogP contribution in [0, 0.1) is 0 Å². The third-order valence-corrected chi connectivity index (χ3v) is 3.14. The van der Waals surface area contributed by atoms with E-state index >= 15 is 0 Å². The van der Waals surface area contributed by atoms with Crippen LogP contribution in [-0.2, 0) is 11.2 Å². The minimum atomic E-state index is -1.08. The van der Waals surface area contributed by atoms with Crippen molar-refractivity contribution in [1.82, 2.24) is 4.98 Å². The molecule has 5 N–H and O–H groups in total. The second-order valence-corrected chi connectivity index (χ2v) is 4.40.